The maximum Gasteiger partial charge on any atom is 0.410 e. The molecule has 0 bridgehead atoms. The van der Waals surface area contributed by atoms with Crippen molar-refractivity contribution < 1.29 is 43.2 Å². The van der Waals surface area contributed by atoms with Crippen LogP contribution < -0.4 is 25.8 Å². The van der Waals surface area contributed by atoms with Crippen LogP contribution in [0.5, 0.6) is 11.5 Å². The fraction of sp³-hybridized carbons (Fsp3) is 0.406. The molecule has 0 aliphatic carbocycles. The minimum absolute atomic E-state index is 0.0143. The van der Waals surface area contributed by atoms with Gasteiger partial charge in [-0.05, 0) is 26.0 Å². The number of hydrogen-bond acceptors (Lipinski definition) is 14. The molecule has 1 saturated heterocycles. The highest BCUT2D eigenvalue weighted by atomic mass is 16.6. The van der Waals surface area contributed by atoms with Gasteiger partial charge in [0.1, 0.15) is 12.4 Å². The quantitative estimate of drug-likeness (QED) is 0.0799. The molecule has 18 nitrogen and oxygen atoms in total. The first-order valence-electron chi connectivity index (χ1n) is 15.3. The number of nitrogens with zero attached hydrogens (tertiary/aromatic N) is 4. The van der Waals surface area contributed by atoms with Crippen LogP contribution in [0.2, 0.25) is 0 Å². The molecule has 0 spiro atoms. The summed E-state index contributed by atoms with van der Waals surface area (Å²) in [6, 6.07) is 4.69. The summed E-state index contributed by atoms with van der Waals surface area (Å²) in [5.41, 5.74) is 4.37. The third-order valence-electron chi connectivity index (χ3n) is 7.14. The van der Waals surface area contributed by atoms with Crippen molar-refractivity contribution in [3.05, 3.63) is 67.8 Å². The van der Waals surface area contributed by atoms with Crippen LogP contribution in [-0.4, -0.2) is 110 Å². The zero-order chi connectivity index (χ0) is 36.8. The molecule has 0 radical (unpaired) electrons. The van der Waals surface area contributed by atoms with Gasteiger partial charge < -0.3 is 40.2 Å². The number of carbonyl (C=O) groups excluding carboxylic acids is 3. The van der Waals surface area contributed by atoms with E-state index in [1.54, 1.807) is 30.9 Å². The van der Waals surface area contributed by atoms with Gasteiger partial charge in [0.2, 0.25) is 5.91 Å². The monoisotopic (exact) mass is 697 g/mol. The molecule has 1 aliphatic heterocycles. The Hall–Kier alpha value is -6.09. The Balaban J connectivity index is 1.65. The van der Waals surface area contributed by atoms with E-state index in [9.17, 15) is 34.6 Å². The summed E-state index contributed by atoms with van der Waals surface area (Å²) in [6.45, 7) is 6.20. The number of methoxy groups -OCH3 is 2. The van der Waals surface area contributed by atoms with Crippen LogP contribution in [0.15, 0.2) is 36.4 Å². The Morgan fingerprint density at radius 2 is 1.46 bits per heavy atom. The number of esters is 1. The maximum absolute atomic E-state index is 12.1. The minimum atomic E-state index is -0.887. The van der Waals surface area contributed by atoms with E-state index in [1.807, 2.05) is 0 Å². The summed E-state index contributed by atoms with van der Waals surface area (Å²) < 4.78 is 20.8. The van der Waals surface area contributed by atoms with E-state index in [0.717, 1.165) is 19.2 Å². The summed E-state index contributed by atoms with van der Waals surface area (Å²) in [4.78, 5) is 61.8. The summed E-state index contributed by atoms with van der Waals surface area (Å²) in [5, 5.41) is 29.4. The SMILES string of the molecule is COC(=O)c1cc(OC)c(NC/C=C/CNc2c(OCC#CCN3CCN(C(=O)OC(C)C)CC3)cc(C(N)=O)cc2[N+](=O)[O-])c([N+](=O)[O-])c1. The number of hydrogen-bond donors (Lipinski definition) is 3. The Labute approximate surface area is 287 Å². The molecule has 3 rings (SSSR count). The molecule has 0 aromatic heterocycles. The smallest absolute Gasteiger partial charge is 0.410 e. The molecule has 2 aromatic carbocycles. The summed E-state index contributed by atoms with van der Waals surface area (Å²) in [5.74, 6) is 4.22. The van der Waals surface area contributed by atoms with Crippen molar-refractivity contribution in [3.63, 3.8) is 0 Å². The van der Waals surface area contributed by atoms with Gasteiger partial charge >= 0.3 is 12.1 Å². The Bertz CT molecular complexity index is 1680. The molecule has 2 aromatic rings. The molecule has 268 valence electrons. The lowest BCUT2D eigenvalue weighted by Gasteiger charge is -2.33. The largest absolute Gasteiger partial charge is 0.494 e. The minimum Gasteiger partial charge on any atom is -0.494 e. The number of nitrogens with two attached hydrogens (primary N) is 1. The fourth-order valence-corrected chi connectivity index (χ4v) is 4.68. The van der Waals surface area contributed by atoms with Gasteiger partial charge in [0.25, 0.3) is 11.4 Å². The molecule has 1 aliphatic rings. The van der Waals surface area contributed by atoms with Crippen molar-refractivity contribution in [1.82, 2.24) is 9.80 Å². The van der Waals surface area contributed by atoms with Crippen molar-refractivity contribution in [3.8, 4) is 23.3 Å². The zero-order valence-corrected chi connectivity index (χ0v) is 28.1. The molecule has 0 unspecified atom stereocenters. The van der Waals surface area contributed by atoms with Crippen molar-refractivity contribution in [2.45, 2.75) is 20.0 Å². The van der Waals surface area contributed by atoms with Gasteiger partial charge in [-0.15, -0.1) is 0 Å². The Morgan fingerprint density at radius 1 is 0.900 bits per heavy atom. The van der Waals surface area contributed by atoms with Gasteiger partial charge in [-0.2, -0.15) is 0 Å². The highest BCUT2D eigenvalue weighted by Crippen LogP contribution is 2.37. The summed E-state index contributed by atoms with van der Waals surface area (Å²) >= 11 is 0. The van der Waals surface area contributed by atoms with Gasteiger partial charge in [-0.3, -0.25) is 29.9 Å². The number of benzene rings is 2. The van der Waals surface area contributed by atoms with Gasteiger partial charge in [0.15, 0.2) is 17.1 Å². The van der Waals surface area contributed by atoms with Crippen LogP contribution in [0.1, 0.15) is 34.6 Å². The molecule has 50 heavy (non-hydrogen) atoms. The van der Waals surface area contributed by atoms with E-state index >= 15 is 0 Å². The van der Waals surface area contributed by atoms with E-state index in [2.05, 4.69) is 32.1 Å². The lowest BCUT2D eigenvalue weighted by molar-refractivity contribution is -0.384. The number of amides is 2. The maximum atomic E-state index is 12.1. The molecule has 2 amide bonds. The molecule has 0 atom stereocenters. The number of rotatable bonds is 15. The second-order valence-electron chi connectivity index (χ2n) is 10.9. The van der Waals surface area contributed by atoms with E-state index < -0.39 is 33.1 Å². The second kappa shape index (κ2) is 18.5. The first kappa shape index (κ1) is 38.4. The molecular weight excluding hydrogens is 658 g/mol. The average molecular weight is 698 g/mol. The van der Waals surface area contributed by atoms with E-state index in [0.29, 0.717) is 32.7 Å². The lowest BCUT2D eigenvalue weighted by Crippen LogP contribution is -2.49. The van der Waals surface area contributed by atoms with Gasteiger partial charge in [0.05, 0.1) is 42.3 Å². The average Bonchev–Trinajstić information content (AvgIpc) is 3.08. The van der Waals surface area contributed by atoms with Crippen LogP contribution in [0.25, 0.3) is 0 Å². The summed E-state index contributed by atoms with van der Waals surface area (Å²) in [7, 11) is 2.45. The number of nitrogens with one attached hydrogen (secondary N) is 2. The standard InChI is InChI=1S/C32H39N7O11/c1-21(2)50-32(42)37-14-12-36(13-15-37)11-7-8-16-49-27-19-22(30(33)40)17-24(38(43)44)29(27)35-10-6-5-9-34-28-25(39(45)46)18-23(31(41)48-4)20-26(28)47-3/h5-6,17-21,34-35H,9-16H2,1-4H3,(H2,33,40)/b6-5+. The number of ether oxygens (including phenoxy) is 4. The van der Waals surface area contributed by atoms with Crippen LogP contribution in [-0.2, 0) is 9.47 Å². The number of nitro benzene ring substituents is 2. The van der Waals surface area contributed by atoms with Crippen molar-refractivity contribution in [2.75, 3.05) is 77.3 Å². The zero-order valence-electron chi connectivity index (χ0n) is 28.1. The predicted molar refractivity (Wildman–Crippen MR) is 182 cm³/mol. The van der Waals surface area contributed by atoms with Crippen molar-refractivity contribution in [2.24, 2.45) is 5.73 Å². The summed E-state index contributed by atoms with van der Waals surface area (Å²) in [6.07, 6.45) is 2.66. The first-order chi connectivity index (χ1) is 23.9. The highest BCUT2D eigenvalue weighted by Gasteiger charge is 2.25. The molecule has 1 fully saturated rings. The number of anilines is 2. The normalized spacial score (nSPS) is 12.9. The third-order valence-corrected chi connectivity index (χ3v) is 7.14. The molecule has 1 heterocycles. The second-order valence-corrected chi connectivity index (χ2v) is 10.9. The lowest BCUT2D eigenvalue weighted by atomic mass is 10.1. The number of piperazine rings is 1. The molecule has 18 heteroatoms. The van der Waals surface area contributed by atoms with Crippen LogP contribution in [0.3, 0.4) is 0 Å². The number of nitro groups is 2. The van der Waals surface area contributed by atoms with Crippen molar-refractivity contribution in [1.29, 1.82) is 0 Å². The molecular formula is C32H39N7O11. The molecule has 0 saturated carbocycles. The fourth-order valence-electron chi connectivity index (χ4n) is 4.68. The van der Waals surface area contributed by atoms with E-state index in [-0.39, 0.29) is 65.9 Å². The molecule has 4 N–H and O–H groups in total. The van der Waals surface area contributed by atoms with Gasteiger partial charge in [0, 0.05) is 57.0 Å². The van der Waals surface area contributed by atoms with Crippen LogP contribution in [0, 0.1) is 32.1 Å². The van der Waals surface area contributed by atoms with Crippen LogP contribution >= 0.6 is 0 Å². The first-order valence-corrected chi connectivity index (χ1v) is 15.3. The third kappa shape index (κ3) is 10.7. The van der Waals surface area contributed by atoms with Crippen LogP contribution in [0.4, 0.5) is 27.5 Å². The highest BCUT2D eigenvalue weighted by molar-refractivity contribution is 5.96. The van der Waals surface area contributed by atoms with Gasteiger partial charge in [-0.1, -0.05) is 24.0 Å². The van der Waals surface area contributed by atoms with Crippen molar-refractivity contribution >= 4 is 40.7 Å². The van der Waals surface area contributed by atoms with Gasteiger partial charge in [-0.25, -0.2) is 9.59 Å². The predicted octanol–water partition coefficient (Wildman–Crippen LogP) is 3.02. The number of carbonyl (C=O) groups is 3. The Morgan fingerprint density at radius 3 is 1.98 bits per heavy atom. The van der Waals surface area contributed by atoms with E-state index in [1.165, 1.54) is 19.2 Å². The topological polar surface area (TPSA) is 231 Å². The number of primary amides is 1. The Kier molecular flexibility index (Phi) is 14.2. The van der Waals surface area contributed by atoms with E-state index in [4.69, 9.17) is 19.9 Å².